The van der Waals surface area contributed by atoms with Crippen LogP contribution < -0.4 is 0 Å². The first-order valence-corrected chi connectivity index (χ1v) is 4.63. The molecule has 0 aliphatic carbocycles. The molecule has 0 saturated carbocycles. The van der Waals surface area contributed by atoms with Crippen LogP contribution in [-0.4, -0.2) is 5.11 Å². The molecule has 0 amide bonds. The predicted octanol–water partition coefficient (Wildman–Crippen LogP) is 3.62. The van der Waals surface area contributed by atoms with Crippen LogP contribution >= 0.6 is 0 Å². The van der Waals surface area contributed by atoms with E-state index in [1.807, 2.05) is 0 Å². The quantitative estimate of drug-likeness (QED) is 0.598. The average Bonchev–Trinajstić information content (AvgIpc) is 2.29. The van der Waals surface area contributed by atoms with Gasteiger partial charge in [-0.25, -0.2) is 17.6 Å². The Morgan fingerprint density at radius 2 is 1.35 bits per heavy atom. The Bertz CT molecular complexity index is 555. The highest BCUT2D eigenvalue weighted by Gasteiger charge is 2.22. The van der Waals surface area contributed by atoms with Gasteiger partial charge in [-0.15, -0.1) is 0 Å². The van der Waals surface area contributed by atoms with Gasteiger partial charge >= 0.3 is 0 Å². The van der Waals surface area contributed by atoms with Gasteiger partial charge in [0.15, 0.2) is 23.3 Å². The molecule has 0 saturated heterocycles. The van der Waals surface area contributed by atoms with Gasteiger partial charge in [0.05, 0.1) is 5.56 Å². The van der Waals surface area contributed by atoms with E-state index >= 15 is 0 Å². The summed E-state index contributed by atoms with van der Waals surface area (Å²) >= 11 is 0. The van der Waals surface area contributed by atoms with Gasteiger partial charge in [0.1, 0.15) is 5.75 Å². The SMILES string of the molecule is Oc1ccccc1-c1c(F)c(F)cc(F)c1F. The van der Waals surface area contributed by atoms with Crippen LogP contribution in [0, 0.1) is 23.3 Å². The molecule has 88 valence electrons. The molecule has 0 radical (unpaired) electrons. The van der Waals surface area contributed by atoms with Gasteiger partial charge in [0.25, 0.3) is 0 Å². The number of aromatic hydroxyl groups is 1. The van der Waals surface area contributed by atoms with Crippen molar-refractivity contribution in [2.45, 2.75) is 0 Å². The van der Waals surface area contributed by atoms with Gasteiger partial charge in [0, 0.05) is 11.6 Å². The lowest BCUT2D eigenvalue weighted by Crippen LogP contribution is -1.98. The maximum atomic E-state index is 13.4. The summed E-state index contributed by atoms with van der Waals surface area (Å²) in [5.41, 5.74) is -1.22. The van der Waals surface area contributed by atoms with Crippen LogP contribution in [0.3, 0.4) is 0 Å². The monoisotopic (exact) mass is 242 g/mol. The number of phenols is 1. The first-order chi connectivity index (χ1) is 8.02. The molecular formula is C12H6F4O. The average molecular weight is 242 g/mol. The Morgan fingerprint density at radius 3 is 1.88 bits per heavy atom. The van der Waals surface area contributed by atoms with E-state index in [0.29, 0.717) is 0 Å². The lowest BCUT2D eigenvalue weighted by Gasteiger charge is -2.08. The van der Waals surface area contributed by atoms with E-state index in [1.54, 1.807) is 0 Å². The highest BCUT2D eigenvalue weighted by Crippen LogP contribution is 2.34. The Kier molecular flexibility index (Phi) is 2.75. The molecule has 0 aliphatic rings. The number of rotatable bonds is 1. The zero-order chi connectivity index (χ0) is 12.6. The minimum absolute atomic E-state index is 0.119. The van der Waals surface area contributed by atoms with E-state index in [4.69, 9.17) is 0 Å². The van der Waals surface area contributed by atoms with Crippen LogP contribution in [0.25, 0.3) is 11.1 Å². The molecule has 1 nitrogen and oxygen atoms in total. The normalized spacial score (nSPS) is 10.6. The highest BCUT2D eigenvalue weighted by molar-refractivity contribution is 5.71. The highest BCUT2D eigenvalue weighted by atomic mass is 19.2. The van der Waals surface area contributed by atoms with Crippen molar-refractivity contribution in [2.75, 3.05) is 0 Å². The summed E-state index contributed by atoms with van der Waals surface area (Å²) in [4.78, 5) is 0. The van der Waals surface area contributed by atoms with Crippen LogP contribution in [0.2, 0.25) is 0 Å². The summed E-state index contributed by atoms with van der Waals surface area (Å²) in [6.45, 7) is 0. The van der Waals surface area contributed by atoms with E-state index < -0.39 is 34.6 Å². The topological polar surface area (TPSA) is 20.2 Å². The maximum Gasteiger partial charge on any atom is 0.169 e. The molecule has 17 heavy (non-hydrogen) atoms. The fourth-order valence-corrected chi connectivity index (χ4v) is 1.49. The van der Waals surface area contributed by atoms with Crippen molar-refractivity contribution in [2.24, 2.45) is 0 Å². The fourth-order valence-electron chi connectivity index (χ4n) is 1.49. The lowest BCUT2D eigenvalue weighted by molar-refractivity contribution is 0.453. The summed E-state index contributed by atoms with van der Waals surface area (Å²) < 4.78 is 52.8. The first kappa shape index (κ1) is 11.4. The van der Waals surface area contributed by atoms with E-state index in [9.17, 15) is 22.7 Å². The van der Waals surface area contributed by atoms with Crippen LogP contribution in [-0.2, 0) is 0 Å². The van der Waals surface area contributed by atoms with Gasteiger partial charge in [-0.05, 0) is 6.07 Å². The third-order valence-corrected chi connectivity index (χ3v) is 2.29. The zero-order valence-corrected chi connectivity index (χ0v) is 8.35. The molecule has 0 bridgehead atoms. The molecule has 0 atom stereocenters. The van der Waals surface area contributed by atoms with Gasteiger partial charge in [0.2, 0.25) is 0 Å². The van der Waals surface area contributed by atoms with Crippen molar-refractivity contribution in [3.8, 4) is 16.9 Å². The molecule has 0 fully saturated rings. The fraction of sp³-hybridized carbons (Fsp3) is 0. The number of benzene rings is 2. The van der Waals surface area contributed by atoms with E-state index in [-0.39, 0.29) is 11.6 Å². The zero-order valence-electron chi connectivity index (χ0n) is 8.35. The summed E-state index contributed by atoms with van der Waals surface area (Å²) in [5.74, 6) is -6.56. The van der Waals surface area contributed by atoms with Crippen molar-refractivity contribution in [3.05, 3.63) is 53.6 Å². The molecule has 5 heteroatoms. The Labute approximate surface area is 93.9 Å². The maximum absolute atomic E-state index is 13.4. The summed E-state index contributed by atoms with van der Waals surface area (Å²) in [7, 11) is 0. The molecular weight excluding hydrogens is 236 g/mol. The minimum atomic E-state index is -1.54. The third-order valence-electron chi connectivity index (χ3n) is 2.29. The molecule has 1 N–H and O–H groups in total. The Morgan fingerprint density at radius 1 is 0.824 bits per heavy atom. The summed E-state index contributed by atoms with van der Waals surface area (Å²) in [6, 6.07) is 5.25. The van der Waals surface area contributed by atoms with Crippen LogP contribution in [0.1, 0.15) is 0 Å². The number of halogens is 4. The van der Waals surface area contributed by atoms with Crippen molar-refractivity contribution in [3.63, 3.8) is 0 Å². The molecule has 0 heterocycles. The lowest BCUT2D eigenvalue weighted by atomic mass is 10.0. The Balaban J connectivity index is 2.80. The second-order valence-electron chi connectivity index (χ2n) is 3.36. The smallest absolute Gasteiger partial charge is 0.169 e. The molecule has 0 spiro atoms. The summed E-state index contributed by atoms with van der Waals surface area (Å²) in [5, 5.41) is 9.42. The van der Waals surface area contributed by atoms with Gasteiger partial charge in [-0.2, -0.15) is 0 Å². The number of para-hydroxylation sites is 1. The van der Waals surface area contributed by atoms with Crippen LogP contribution in [0.4, 0.5) is 17.6 Å². The van der Waals surface area contributed by atoms with Crippen molar-refractivity contribution < 1.29 is 22.7 Å². The van der Waals surface area contributed by atoms with Crippen molar-refractivity contribution in [1.82, 2.24) is 0 Å². The van der Waals surface area contributed by atoms with Gasteiger partial charge in [-0.3, -0.25) is 0 Å². The molecule has 2 aromatic carbocycles. The number of hydrogen-bond acceptors (Lipinski definition) is 1. The van der Waals surface area contributed by atoms with Crippen LogP contribution in [0.15, 0.2) is 30.3 Å². The molecule has 2 aromatic rings. The van der Waals surface area contributed by atoms with Crippen molar-refractivity contribution >= 4 is 0 Å². The second-order valence-corrected chi connectivity index (χ2v) is 3.36. The number of phenolic OH excluding ortho intramolecular Hbond substituents is 1. The second kappa shape index (κ2) is 4.08. The van der Waals surface area contributed by atoms with E-state index in [1.165, 1.54) is 12.1 Å². The summed E-state index contributed by atoms with van der Waals surface area (Å²) in [6.07, 6.45) is 0. The molecule has 2 rings (SSSR count). The van der Waals surface area contributed by atoms with Crippen LogP contribution in [0.5, 0.6) is 5.75 Å². The van der Waals surface area contributed by atoms with E-state index in [0.717, 1.165) is 12.1 Å². The minimum Gasteiger partial charge on any atom is -0.507 e. The first-order valence-electron chi connectivity index (χ1n) is 4.63. The largest absolute Gasteiger partial charge is 0.507 e. The molecule has 0 aliphatic heterocycles. The standard InChI is InChI=1S/C12H6F4O/c13-7-5-8(14)12(16)10(11(7)15)6-3-1-2-4-9(6)17/h1-5,17H. The van der Waals surface area contributed by atoms with Gasteiger partial charge in [-0.1, -0.05) is 18.2 Å². The third kappa shape index (κ3) is 1.84. The molecule has 0 aromatic heterocycles. The van der Waals surface area contributed by atoms with Gasteiger partial charge < -0.3 is 5.11 Å². The number of hydrogen-bond donors (Lipinski definition) is 1. The Hall–Kier alpha value is -2.04. The van der Waals surface area contributed by atoms with Crippen molar-refractivity contribution in [1.29, 1.82) is 0 Å². The van der Waals surface area contributed by atoms with E-state index in [2.05, 4.69) is 0 Å². The molecule has 0 unspecified atom stereocenters. The predicted molar refractivity (Wildman–Crippen MR) is 53.4 cm³/mol.